The van der Waals surface area contributed by atoms with E-state index in [2.05, 4.69) is 18.2 Å². The third-order valence-electron chi connectivity index (χ3n) is 5.37. The van der Waals surface area contributed by atoms with Crippen molar-refractivity contribution in [3.63, 3.8) is 0 Å². The summed E-state index contributed by atoms with van der Waals surface area (Å²) in [7, 11) is 0. The van der Waals surface area contributed by atoms with Gasteiger partial charge < -0.3 is 18.6 Å². The van der Waals surface area contributed by atoms with Crippen LogP contribution in [0.15, 0.2) is 70.4 Å². The standard InChI is InChI=1S/C24H24N2O4/c1-3-27-17-12-10-16(11-13-17)19-15-20-18-7-5-8-21(28-4-2)23(18)30-24(26(20)25-19)22-9-6-14-29-22/h5-14,20,24H,3-4,15H2,1-2H3/t20-,24-/m1/s1. The second-order valence-corrected chi connectivity index (χ2v) is 7.20. The fraction of sp³-hybridized carbons (Fsp3) is 0.292. The molecule has 154 valence electrons. The lowest BCUT2D eigenvalue weighted by molar-refractivity contribution is -0.0344. The summed E-state index contributed by atoms with van der Waals surface area (Å²) in [5.74, 6) is 3.10. The molecule has 0 aliphatic carbocycles. The lowest BCUT2D eigenvalue weighted by atomic mass is 9.96. The van der Waals surface area contributed by atoms with Crippen LogP contribution in [0, 0.1) is 0 Å². The molecular formula is C24H24N2O4. The van der Waals surface area contributed by atoms with E-state index in [1.165, 1.54) is 0 Å². The summed E-state index contributed by atoms with van der Waals surface area (Å²) < 4.78 is 23.5. The van der Waals surface area contributed by atoms with Gasteiger partial charge in [0.05, 0.1) is 31.2 Å². The topological polar surface area (TPSA) is 56.4 Å². The van der Waals surface area contributed by atoms with Crippen molar-refractivity contribution in [1.82, 2.24) is 5.01 Å². The Morgan fingerprint density at radius 2 is 1.83 bits per heavy atom. The zero-order chi connectivity index (χ0) is 20.5. The smallest absolute Gasteiger partial charge is 0.246 e. The number of hydrazone groups is 1. The van der Waals surface area contributed by atoms with Gasteiger partial charge in [-0.05, 0) is 61.9 Å². The molecule has 1 aromatic heterocycles. The molecule has 5 rings (SSSR count). The summed E-state index contributed by atoms with van der Waals surface area (Å²) in [6.07, 6.45) is 1.99. The van der Waals surface area contributed by atoms with Crippen molar-refractivity contribution < 1.29 is 18.6 Å². The molecule has 0 fully saturated rings. The summed E-state index contributed by atoms with van der Waals surface area (Å²) in [5, 5.41) is 6.95. The summed E-state index contributed by atoms with van der Waals surface area (Å²) in [6, 6.07) is 18.0. The van der Waals surface area contributed by atoms with Crippen LogP contribution >= 0.6 is 0 Å². The Kier molecular flexibility index (Phi) is 4.83. The van der Waals surface area contributed by atoms with Crippen LogP contribution in [0.3, 0.4) is 0 Å². The van der Waals surface area contributed by atoms with Crippen LogP contribution in [-0.2, 0) is 0 Å². The highest BCUT2D eigenvalue weighted by Crippen LogP contribution is 2.50. The Morgan fingerprint density at radius 3 is 2.57 bits per heavy atom. The van der Waals surface area contributed by atoms with Crippen molar-refractivity contribution in [3.8, 4) is 17.2 Å². The maximum absolute atomic E-state index is 6.39. The van der Waals surface area contributed by atoms with Crippen LogP contribution in [-0.4, -0.2) is 23.9 Å². The SMILES string of the molecule is CCOc1ccc(C2=NN3[C@H](C2)c2cccc(OCC)c2O[C@@H]3c2ccco2)cc1. The number of para-hydroxylation sites is 1. The number of benzene rings is 2. The first-order chi connectivity index (χ1) is 14.8. The molecule has 2 aliphatic rings. The Labute approximate surface area is 175 Å². The van der Waals surface area contributed by atoms with Gasteiger partial charge in [0, 0.05) is 12.0 Å². The van der Waals surface area contributed by atoms with Gasteiger partial charge in [0.15, 0.2) is 17.3 Å². The maximum atomic E-state index is 6.39. The zero-order valence-corrected chi connectivity index (χ0v) is 17.1. The molecule has 0 saturated heterocycles. The van der Waals surface area contributed by atoms with Gasteiger partial charge >= 0.3 is 0 Å². The molecule has 6 nitrogen and oxygen atoms in total. The number of rotatable bonds is 6. The molecule has 0 radical (unpaired) electrons. The third kappa shape index (κ3) is 3.18. The van der Waals surface area contributed by atoms with E-state index < -0.39 is 6.23 Å². The Balaban J connectivity index is 1.54. The minimum Gasteiger partial charge on any atom is -0.494 e. The number of ether oxygens (including phenoxy) is 3. The molecule has 2 aliphatic heterocycles. The lowest BCUT2D eigenvalue weighted by Gasteiger charge is -2.37. The molecule has 0 bridgehead atoms. The van der Waals surface area contributed by atoms with E-state index in [4.69, 9.17) is 23.7 Å². The van der Waals surface area contributed by atoms with Crippen LogP contribution in [0.5, 0.6) is 17.2 Å². The molecule has 2 atom stereocenters. The number of fused-ring (bicyclic) bond motifs is 3. The Hall–Kier alpha value is -3.41. The molecule has 0 saturated carbocycles. The van der Waals surface area contributed by atoms with Gasteiger partial charge in [-0.25, -0.2) is 5.01 Å². The largest absolute Gasteiger partial charge is 0.494 e. The van der Waals surface area contributed by atoms with Crippen LogP contribution in [0.2, 0.25) is 0 Å². The molecule has 0 unspecified atom stereocenters. The average molecular weight is 404 g/mol. The minimum absolute atomic E-state index is 0.0471. The highest BCUT2D eigenvalue weighted by Gasteiger charge is 2.43. The third-order valence-corrected chi connectivity index (χ3v) is 5.37. The van der Waals surface area contributed by atoms with Crippen molar-refractivity contribution in [3.05, 3.63) is 77.7 Å². The van der Waals surface area contributed by atoms with E-state index in [-0.39, 0.29) is 6.04 Å². The summed E-state index contributed by atoms with van der Waals surface area (Å²) in [4.78, 5) is 0. The van der Waals surface area contributed by atoms with Crippen molar-refractivity contribution in [2.24, 2.45) is 5.10 Å². The molecule has 0 amide bonds. The summed E-state index contributed by atoms with van der Waals surface area (Å²) in [6.45, 7) is 5.18. The quantitative estimate of drug-likeness (QED) is 0.557. The normalized spacial score (nSPS) is 19.5. The molecule has 3 aromatic rings. The van der Waals surface area contributed by atoms with Crippen molar-refractivity contribution in [2.45, 2.75) is 32.5 Å². The molecule has 0 N–H and O–H groups in total. The average Bonchev–Trinajstić information content (AvgIpc) is 3.45. The van der Waals surface area contributed by atoms with Crippen molar-refractivity contribution in [2.75, 3.05) is 13.2 Å². The van der Waals surface area contributed by atoms with Crippen LogP contribution in [0.1, 0.15) is 49.4 Å². The predicted octanol–water partition coefficient (Wildman–Crippen LogP) is 5.32. The van der Waals surface area contributed by atoms with Crippen LogP contribution in [0.4, 0.5) is 0 Å². The first-order valence-electron chi connectivity index (χ1n) is 10.3. The maximum Gasteiger partial charge on any atom is 0.246 e. The van der Waals surface area contributed by atoms with Crippen LogP contribution < -0.4 is 14.2 Å². The fourth-order valence-electron chi connectivity index (χ4n) is 4.06. The molecule has 3 heterocycles. The first kappa shape index (κ1) is 18.6. The van der Waals surface area contributed by atoms with Crippen molar-refractivity contribution >= 4 is 5.71 Å². The summed E-state index contributed by atoms with van der Waals surface area (Å²) >= 11 is 0. The second kappa shape index (κ2) is 7.78. The van der Waals surface area contributed by atoms with Crippen molar-refractivity contribution in [1.29, 1.82) is 0 Å². The zero-order valence-electron chi connectivity index (χ0n) is 17.1. The van der Waals surface area contributed by atoms with Gasteiger partial charge in [0.1, 0.15) is 5.75 Å². The van der Waals surface area contributed by atoms with Gasteiger partial charge in [-0.15, -0.1) is 0 Å². The monoisotopic (exact) mass is 404 g/mol. The predicted molar refractivity (Wildman–Crippen MR) is 113 cm³/mol. The number of nitrogens with zero attached hydrogens (tertiary/aromatic N) is 2. The molecule has 2 aromatic carbocycles. The second-order valence-electron chi connectivity index (χ2n) is 7.20. The van der Waals surface area contributed by atoms with Crippen LogP contribution in [0.25, 0.3) is 0 Å². The Morgan fingerprint density at radius 1 is 1.00 bits per heavy atom. The van der Waals surface area contributed by atoms with E-state index in [1.54, 1.807) is 6.26 Å². The minimum atomic E-state index is -0.445. The fourth-order valence-corrected chi connectivity index (χ4v) is 4.06. The van der Waals surface area contributed by atoms with E-state index in [0.717, 1.165) is 40.5 Å². The van der Waals surface area contributed by atoms with Gasteiger partial charge in [0.25, 0.3) is 0 Å². The lowest BCUT2D eigenvalue weighted by Crippen LogP contribution is -2.33. The number of hydrogen-bond acceptors (Lipinski definition) is 6. The van der Waals surface area contributed by atoms with E-state index in [0.29, 0.717) is 19.0 Å². The van der Waals surface area contributed by atoms with Gasteiger partial charge in [0.2, 0.25) is 6.23 Å². The van der Waals surface area contributed by atoms with Gasteiger partial charge in [-0.1, -0.05) is 12.1 Å². The Bertz CT molecular complexity index is 1040. The molecule has 6 heteroatoms. The molecule has 0 spiro atoms. The number of hydrogen-bond donors (Lipinski definition) is 0. The first-order valence-corrected chi connectivity index (χ1v) is 10.3. The highest BCUT2D eigenvalue weighted by atomic mass is 16.5. The van der Waals surface area contributed by atoms with E-state index in [1.807, 2.05) is 55.3 Å². The van der Waals surface area contributed by atoms with E-state index >= 15 is 0 Å². The highest BCUT2D eigenvalue weighted by molar-refractivity contribution is 6.02. The molecule has 30 heavy (non-hydrogen) atoms. The number of furan rings is 1. The van der Waals surface area contributed by atoms with E-state index in [9.17, 15) is 0 Å². The van der Waals surface area contributed by atoms with Gasteiger partial charge in [-0.3, -0.25) is 0 Å². The van der Waals surface area contributed by atoms with Gasteiger partial charge in [-0.2, -0.15) is 5.10 Å². The summed E-state index contributed by atoms with van der Waals surface area (Å²) in [5.41, 5.74) is 3.17. The molecular weight excluding hydrogens is 380 g/mol.